The Bertz CT molecular complexity index is 1590. The zero-order valence-electron chi connectivity index (χ0n) is 17.9. The maximum absolute atomic E-state index is 13.7. The fourth-order valence-electron chi connectivity index (χ4n) is 3.68. The number of hydrogen-bond donors (Lipinski definition) is 3. The molecule has 35 heavy (non-hydrogen) atoms. The number of hydrogen-bond acceptors (Lipinski definition) is 7. The molecule has 0 unspecified atom stereocenters. The average Bonchev–Trinajstić information content (AvgIpc) is 3.31. The molecular weight excluding hydrogens is 468 g/mol. The standard InChI is InChI=1S/C22H16F4N8O/c1-11(31-19-17-18(28-9-27-17)29-10-30-19)20-32-15-4-2-3-14(22(24,25)26)16(15)21(35)34(20)33-13-7-5-12(23)6-8-13/h2-11,33H,1H3,(H2,27,28,29,30,31)/t11-/m0/s1. The van der Waals surface area contributed by atoms with Gasteiger partial charge < -0.3 is 10.3 Å². The second-order valence-corrected chi connectivity index (χ2v) is 7.62. The molecule has 0 aliphatic rings. The topological polar surface area (TPSA) is 113 Å². The molecule has 2 aromatic carbocycles. The fourth-order valence-corrected chi connectivity index (χ4v) is 3.68. The van der Waals surface area contributed by atoms with Crippen molar-refractivity contribution in [1.29, 1.82) is 0 Å². The Labute approximate surface area is 193 Å². The predicted octanol–water partition coefficient (Wildman–Crippen LogP) is 4.27. The van der Waals surface area contributed by atoms with Gasteiger partial charge in [-0.3, -0.25) is 10.2 Å². The highest BCUT2D eigenvalue weighted by Crippen LogP contribution is 2.33. The van der Waals surface area contributed by atoms with Crippen molar-refractivity contribution in [2.24, 2.45) is 0 Å². The molecule has 3 N–H and O–H groups in total. The van der Waals surface area contributed by atoms with Crippen molar-refractivity contribution in [3.63, 3.8) is 0 Å². The Kier molecular flexibility index (Phi) is 5.30. The Balaban J connectivity index is 1.68. The number of nitrogens with zero attached hydrogens (tertiary/aromatic N) is 5. The van der Waals surface area contributed by atoms with Gasteiger partial charge in [0.15, 0.2) is 17.3 Å². The summed E-state index contributed by atoms with van der Waals surface area (Å²) in [5.41, 5.74) is 1.72. The molecule has 0 bridgehead atoms. The normalized spacial score (nSPS) is 12.7. The quantitative estimate of drug-likeness (QED) is 0.319. The molecule has 9 nitrogen and oxygen atoms in total. The summed E-state index contributed by atoms with van der Waals surface area (Å²) in [5.74, 6) is -0.0920. The molecule has 3 aromatic heterocycles. The first kappa shape index (κ1) is 22.3. The number of rotatable bonds is 5. The first-order valence-corrected chi connectivity index (χ1v) is 10.3. The lowest BCUT2D eigenvalue weighted by Crippen LogP contribution is -2.34. The van der Waals surface area contributed by atoms with E-state index in [4.69, 9.17) is 0 Å². The van der Waals surface area contributed by atoms with Crippen LogP contribution in [0.15, 0.2) is 59.9 Å². The van der Waals surface area contributed by atoms with Crippen molar-refractivity contribution >= 4 is 33.6 Å². The van der Waals surface area contributed by atoms with E-state index in [1.165, 1.54) is 36.9 Å². The molecule has 0 radical (unpaired) electrons. The number of aromatic amines is 1. The van der Waals surface area contributed by atoms with Gasteiger partial charge in [0, 0.05) is 0 Å². The molecule has 0 fully saturated rings. The smallest absolute Gasteiger partial charge is 0.358 e. The molecule has 13 heteroatoms. The Hall–Kier alpha value is -4.55. The van der Waals surface area contributed by atoms with Crippen LogP contribution in [0, 0.1) is 5.82 Å². The Morgan fingerprint density at radius 2 is 1.83 bits per heavy atom. The van der Waals surface area contributed by atoms with Crippen molar-refractivity contribution in [2.45, 2.75) is 19.1 Å². The summed E-state index contributed by atoms with van der Waals surface area (Å²) in [6.07, 6.45) is -2.04. The summed E-state index contributed by atoms with van der Waals surface area (Å²) in [7, 11) is 0. The maximum Gasteiger partial charge on any atom is 0.417 e. The SMILES string of the molecule is C[C@H](Nc1ncnc2nc[nH]c12)c1nc2cccc(C(F)(F)F)c2c(=O)n1Nc1ccc(F)cc1. The van der Waals surface area contributed by atoms with Gasteiger partial charge in [0.1, 0.15) is 17.7 Å². The van der Waals surface area contributed by atoms with E-state index in [-0.39, 0.29) is 17.0 Å². The molecule has 0 saturated heterocycles. The third-order valence-electron chi connectivity index (χ3n) is 5.28. The van der Waals surface area contributed by atoms with Gasteiger partial charge in [0.05, 0.1) is 34.5 Å². The van der Waals surface area contributed by atoms with Gasteiger partial charge in [0.25, 0.3) is 5.56 Å². The van der Waals surface area contributed by atoms with Gasteiger partial charge in [-0.05, 0) is 43.3 Å². The number of anilines is 2. The molecule has 178 valence electrons. The zero-order valence-corrected chi connectivity index (χ0v) is 17.9. The van der Waals surface area contributed by atoms with Gasteiger partial charge in [-0.2, -0.15) is 13.2 Å². The van der Waals surface area contributed by atoms with E-state index < -0.39 is 34.5 Å². The fraction of sp³-hybridized carbons (Fsp3) is 0.136. The van der Waals surface area contributed by atoms with E-state index in [0.717, 1.165) is 22.9 Å². The molecule has 0 aliphatic heterocycles. The Morgan fingerprint density at radius 1 is 1.06 bits per heavy atom. The molecule has 5 rings (SSSR count). The van der Waals surface area contributed by atoms with Crippen molar-refractivity contribution < 1.29 is 17.6 Å². The van der Waals surface area contributed by atoms with E-state index in [9.17, 15) is 22.4 Å². The van der Waals surface area contributed by atoms with Crippen LogP contribution in [0.1, 0.15) is 24.4 Å². The summed E-state index contributed by atoms with van der Waals surface area (Å²) in [6.45, 7) is 1.66. The van der Waals surface area contributed by atoms with E-state index in [1.54, 1.807) is 6.92 Å². The lowest BCUT2D eigenvalue weighted by Gasteiger charge is -2.21. The average molecular weight is 484 g/mol. The van der Waals surface area contributed by atoms with Crippen LogP contribution in [0.4, 0.5) is 29.1 Å². The number of fused-ring (bicyclic) bond motifs is 2. The zero-order chi connectivity index (χ0) is 24.7. The van der Waals surface area contributed by atoms with Gasteiger partial charge in [-0.25, -0.2) is 29.0 Å². The van der Waals surface area contributed by atoms with Gasteiger partial charge in [0.2, 0.25) is 0 Å². The van der Waals surface area contributed by atoms with Crippen molar-refractivity contribution in [3.05, 3.63) is 82.7 Å². The monoisotopic (exact) mass is 484 g/mol. The molecule has 1 atom stereocenters. The number of nitrogens with one attached hydrogen (secondary N) is 3. The van der Waals surface area contributed by atoms with Crippen molar-refractivity contribution in [1.82, 2.24) is 29.6 Å². The molecule has 3 heterocycles. The number of benzene rings is 2. The van der Waals surface area contributed by atoms with E-state index >= 15 is 0 Å². The number of halogens is 4. The molecular formula is C22H16F4N8O. The minimum absolute atomic E-state index is 0.0671. The first-order valence-electron chi connectivity index (χ1n) is 10.3. The minimum atomic E-state index is -4.77. The lowest BCUT2D eigenvalue weighted by molar-refractivity contribution is -0.136. The molecule has 0 aliphatic carbocycles. The molecule has 0 amide bonds. The van der Waals surface area contributed by atoms with Crippen LogP contribution in [0.5, 0.6) is 0 Å². The number of imidazole rings is 1. The summed E-state index contributed by atoms with van der Waals surface area (Å²) in [6, 6.07) is 7.63. The second-order valence-electron chi connectivity index (χ2n) is 7.62. The number of H-pyrrole nitrogens is 1. The maximum atomic E-state index is 13.7. The van der Waals surface area contributed by atoms with Crippen LogP contribution in [0.25, 0.3) is 22.1 Å². The van der Waals surface area contributed by atoms with Crippen LogP contribution in [-0.4, -0.2) is 29.6 Å². The first-order chi connectivity index (χ1) is 16.7. The van der Waals surface area contributed by atoms with E-state index in [0.29, 0.717) is 17.0 Å². The van der Waals surface area contributed by atoms with Crippen LogP contribution in [0.3, 0.4) is 0 Å². The molecule has 0 spiro atoms. The van der Waals surface area contributed by atoms with E-state index in [2.05, 4.69) is 35.7 Å². The van der Waals surface area contributed by atoms with Crippen LogP contribution in [-0.2, 0) is 6.18 Å². The van der Waals surface area contributed by atoms with Gasteiger partial charge >= 0.3 is 6.18 Å². The predicted molar refractivity (Wildman–Crippen MR) is 120 cm³/mol. The summed E-state index contributed by atoms with van der Waals surface area (Å²) < 4.78 is 55.4. The summed E-state index contributed by atoms with van der Waals surface area (Å²) >= 11 is 0. The third kappa shape index (κ3) is 4.11. The summed E-state index contributed by atoms with van der Waals surface area (Å²) in [5, 5.41) is 2.50. The Morgan fingerprint density at radius 3 is 2.57 bits per heavy atom. The highest BCUT2D eigenvalue weighted by molar-refractivity contribution is 5.83. The number of alkyl halides is 3. The van der Waals surface area contributed by atoms with Crippen LogP contribution >= 0.6 is 0 Å². The van der Waals surface area contributed by atoms with Crippen molar-refractivity contribution in [2.75, 3.05) is 10.7 Å². The largest absolute Gasteiger partial charge is 0.417 e. The van der Waals surface area contributed by atoms with Crippen LogP contribution < -0.4 is 16.3 Å². The minimum Gasteiger partial charge on any atom is -0.358 e. The molecule has 5 aromatic rings. The van der Waals surface area contributed by atoms with Gasteiger partial charge in [-0.1, -0.05) is 6.07 Å². The second kappa shape index (κ2) is 8.34. The van der Waals surface area contributed by atoms with Gasteiger partial charge in [-0.15, -0.1) is 0 Å². The summed E-state index contributed by atoms with van der Waals surface area (Å²) in [4.78, 5) is 33.0. The van der Waals surface area contributed by atoms with Crippen LogP contribution in [0.2, 0.25) is 0 Å². The molecule has 0 saturated carbocycles. The highest BCUT2D eigenvalue weighted by atomic mass is 19.4. The van der Waals surface area contributed by atoms with E-state index in [1.807, 2.05) is 0 Å². The third-order valence-corrected chi connectivity index (χ3v) is 5.28. The van der Waals surface area contributed by atoms with Crippen molar-refractivity contribution in [3.8, 4) is 0 Å². The number of aromatic nitrogens is 6. The highest BCUT2D eigenvalue weighted by Gasteiger charge is 2.34. The lowest BCUT2D eigenvalue weighted by atomic mass is 10.1.